The van der Waals surface area contributed by atoms with Crippen LogP contribution in [0.4, 0.5) is 5.69 Å². The lowest BCUT2D eigenvalue weighted by molar-refractivity contribution is -0.384. The Morgan fingerprint density at radius 2 is 2.12 bits per heavy atom. The van der Waals surface area contributed by atoms with E-state index in [0.717, 1.165) is 12.1 Å². The van der Waals surface area contributed by atoms with Crippen molar-refractivity contribution in [2.24, 2.45) is 5.16 Å². The van der Waals surface area contributed by atoms with Crippen molar-refractivity contribution in [2.75, 3.05) is 0 Å². The summed E-state index contributed by atoms with van der Waals surface area (Å²) in [5.41, 5.74) is -0.0177. The highest BCUT2D eigenvalue weighted by Crippen LogP contribution is 2.24. The van der Waals surface area contributed by atoms with Crippen molar-refractivity contribution < 1.29 is 19.7 Å². The van der Waals surface area contributed by atoms with Crippen LogP contribution in [0.25, 0.3) is 0 Å². The maximum atomic E-state index is 10.9. The molecule has 7 heteroatoms. The molecular formula is C10H10N2O5. The monoisotopic (exact) mass is 238 g/mol. The van der Waals surface area contributed by atoms with Crippen LogP contribution in [0.3, 0.4) is 0 Å². The van der Waals surface area contributed by atoms with E-state index in [1.165, 1.54) is 6.07 Å². The van der Waals surface area contributed by atoms with Crippen LogP contribution in [0.2, 0.25) is 0 Å². The lowest BCUT2D eigenvalue weighted by atomic mass is 10.2. The van der Waals surface area contributed by atoms with Gasteiger partial charge in [-0.1, -0.05) is 5.16 Å². The summed E-state index contributed by atoms with van der Waals surface area (Å²) >= 11 is 0. The van der Waals surface area contributed by atoms with Gasteiger partial charge in [-0.3, -0.25) is 10.1 Å². The van der Waals surface area contributed by atoms with E-state index in [4.69, 9.17) is 9.94 Å². The molecule has 7 nitrogen and oxygen atoms in total. The Morgan fingerprint density at radius 3 is 2.59 bits per heavy atom. The van der Waals surface area contributed by atoms with Gasteiger partial charge in [-0.25, -0.2) is 4.79 Å². The molecule has 1 N–H and O–H groups in total. The second kappa shape index (κ2) is 5.06. The molecule has 0 unspecified atom stereocenters. The molecule has 0 fully saturated rings. The fraction of sp³-hybridized carbons (Fsp3) is 0.200. The van der Waals surface area contributed by atoms with Crippen LogP contribution >= 0.6 is 0 Å². The molecule has 0 radical (unpaired) electrons. The Bertz CT molecular complexity index is 491. The van der Waals surface area contributed by atoms with E-state index in [0.29, 0.717) is 5.71 Å². The molecule has 0 atom stereocenters. The second-order valence-electron chi connectivity index (χ2n) is 3.37. The molecule has 0 heterocycles. The molecule has 0 amide bonds. The number of non-ortho nitro benzene ring substituents is 1. The Labute approximate surface area is 96.5 Å². The molecule has 0 aliphatic carbocycles. The molecule has 0 aromatic heterocycles. The summed E-state index contributed by atoms with van der Waals surface area (Å²) in [5.74, 6) is -1.35. The molecule has 90 valence electrons. The number of hydrogen-bond acceptors (Lipinski definition) is 5. The van der Waals surface area contributed by atoms with Gasteiger partial charge in [0.2, 0.25) is 0 Å². The molecule has 17 heavy (non-hydrogen) atoms. The maximum Gasteiger partial charge on any atom is 0.339 e. The fourth-order valence-corrected chi connectivity index (χ4v) is 1.02. The van der Waals surface area contributed by atoms with Gasteiger partial charge in [0.05, 0.1) is 10.6 Å². The molecule has 1 aromatic carbocycles. The van der Waals surface area contributed by atoms with Gasteiger partial charge in [0, 0.05) is 12.1 Å². The van der Waals surface area contributed by atoms with Crippen molar-refractivity contribution in [3.05, 3.63) is 33.9 Å². The molecule has 1 rings (SSSR count). The van der Waals surface area contributed by atoms with Gasteiger partial charge in [-0.2, -0.15) is 0 Å². The summed E-state index contributed by atoms with van der Waals surface area (Å²) in [7, 11) is 0. The van der Waals surface area contributed by atoms with Crippen molar-refractivity contribution in [1.29, 1.82) is 0 Å². The van der Waals surface area contributed by atoms with Crippen LogP contribution in [-0.2, 0) is 0 Å². The quantitative estimate of drug-likeness (QED) is 0.491. The Hall–Kier alpha value is -2.44. The molecular weight excluding hydrogens is 228 g/mol. The number of carbonyl (C=O) groups is 1. The average molecular weight is 238 g/mol. The first-order valence-corrected chi connectivity index (χ1v) is 4.61. The standard InChI is InChI=1S/C10H10N2O5/c1-6(2)11-17-9-4-3-7(12(15)16)5-8(9)10(13)14/h3-5H,1-2H3,(H,13,14). The smallest absolute Gasteiger partial charge is 0.339 e. The first-order chi connectivity index (χ1) is 7.91. The minimum atomic E-state index is -1.31. The number of rotatable bonds is 4. The van der Waals surface area contributed by atoms with Gasteiger partial charge in [0.1, 0.15) is 5.56 Å². The summed E-state index contributed by atoms with van der Waals surface area (Å²) in [6, 6.07) is 3.29. The topological polar surface area (TPSA) is 102 Å². The van der Waals surface area contributed by atoms with Crippen LogP contribution in [0.15, 0.2) is 23.4 Å². The predicted molar refractivity (Wildman–Crippen MR) is 59.5 cm³/mol. The third-order valence-electron chi connectivity index (χ3n) is 1.73. The molecule has 0 spiro atoms. The highest BCUT2D eigenvalue weighted by atomic mass is 16.6. The third-order valence-corrected chi connectivity index (χ3v) is 1.73. The van der Waals surface area contributed by atoms with Gasteiger partial charge in [0.15, 0.2) is 5.75 Å². The van der Waals surface area contributed by atoms with Gasteiger partial charge >= 0.3 is 5.97 Å². The van der Waals surface area contributed by atoms with Gasteiger partial charge in [-0.15, -0.1) is 0 Å². The van der Waals surface area contributed by atoms with Gasteiger partial charge in [0.25, 0.3) is 5.69 Å². The minimum absolute atomic E-state index is 0.0377. The first-order valence-electron chi connectivity index (χ1n) is 4.61. The van der Waals surface area contributed by atoms with Crippen molar-refractivity contribution in [3.8, 4) is 5.75 Å². The van der Waals surface area contributed by atoms with E-state index >= 15 is 0 Å². The van der Waals surface area contributed by atoms with E-state index in [-0.39, 0.29) is 17.0 Å². The predicted octanol–water partition coefficient (Wildman–Crippen LogP) is 2.07. The average Bonchev–Trinajstić information content (AvgIpc) is 2.25. The third kappa shape index (κ3) is 3.26. The van der Waals surface area contributed by atoms with Crippen molar-refractivity contribution >= 4 is 17.4 Å². The summed E-state index contributed by atoms with van der Waals surface area (Å²) in [4.78, 5) is 25.6. The zero-order valence-electron chi connectivity index (χ0n) is 9.21. The number of aromatic carboxylic acids is 1. The lowest BCUT2D eigenvalue weighted by Gasteiger charge is -2.03. The number of benzene rings is 1. The zero-order valence-corrected chi connectivity index (χ0v) is 9.21. The summed E-state index contributed by atoms with van der Waals surface area (Å²) in [5, 5.41) is 23.0. The zero-order chi connectivity index (χ0) is 13.0. The van der Waals surface area contributed by atoms with Crippen LogP contribution in [0.5, 0.6) is 5.75 Å². The highest BCUT2D eigenvalue weighted by molar-refractivity contribution is 5.91. The van der Waals surface area contributed by atoms with E-state index in [1.807, 2.05) is 0 Å². The normalized spacial score (nSPS) is 9.53. The van der Waals surface area contributed by atoms with Crippen molar-refractivity contribution in [1.82, 2.24) is 0 Å². The summed E-state index contributed by atoms with van der Waals surface area (Å²) in [6.45, 7) is 3.34. The first kappa shape index (κ1) is 12.6. The molecule has 0 aliphatic rings. The summed E-state index contributed by atoms with van der Waals surface area (Å²) < 4.78 is 0. The van der Waals surface area contributed by atoms with Gasteiger partial charge in [-0.05, 0) is 19.9 Å². The van der Waals surface area contributed by atoms with E-state index in [1.54, 1.807) is 13.8 Å². The number of hydrogen-bond donors (Lipinski definition) is 1. The largest absolute Gasteiger partial charge is 0.478 e. The van der Waals surface area contributed by atoms with E-state index in [9.17, 15) is 14.9 Å². The van der Waals surface area contributed by atoms with Crippen LogP contribution in [0, 0.1) is 10.1 Å². The van der Waals surface area contributed by atoms with Crippen LogP contribution in [0.1, 0.15) is 24.2 Å². The number of carboxylic acids is 1. The Balaban J connectivity index is 3.18. The molecule has 0 aliphatic heterocycles. The van der Waals surface area contributed by atoms with E-state index in [2.05, 4.69) is 5.16 Å². The SMILES string of the molecule is CC(C)=NOc1ccc([N+](=O)[O-])cc1C(=O)O. The second-order valence-corrected chi connectivity index (χ2v) is 3.37. The number of oxime groups is 1. The molecule has 0 saturated heterocycles. The van der Waals surface area contributed by atoms with Crippen molar-refractivity contribution in [3.63, 3.8) is 0 Å². The molecule has 1 aromatic rings. The lowest BCUT2D eigenvalue weighted by Crippen LogP contribution is -2.02. The minimum Gasteiger partial charge on any atom is -0.478 e. The molecule has 0 bridgehead atoms. The Morgan fingerprint density at radius 1 is 1.47 bits per heavy atom. The molecule has 0 saturated carbocycles. The highest BCUT2D eigenvalue weighted by Gasteiger charge is 2.17. The number of nitro benzene ring substituents is 1. The fourth-order valence-electron chi connectivity index (χ4n) is 1.02. The Kier molecular flexibility index (Phi) is 3.76. The number of nitrogens with zero attached hydrogens (tertiary/aromatic N) is 2. The van der Waals surface area contributed by atoms with Crippen LogP contribution < -0.4 is 4.84 Å². The van der Waals surface area contributed by atoms with Crippen molar-refractivity contribution in [2.45, 2.75) is 13.8 Å². The number of carboxylic acid groups (broad SMARTS) is 1. The number of nitro groups is 1. The van der Waals surface area contributed by atoms with Gasteiger partial charge < -0.3 is 9.94 Å². The maximum absolute atomic E-state index is 10.9. The van der Waals surface area contributed by atoms with E-state index < -0.39 is 10.9 Å². The van der Waals surface area contributed by atoms with Crippen LogP contribution in [-0.4, -0.2) is 21.7 Å². The summed E-state index contributed by atoms with van der Waals surface area (Å²) in [6.07, 6.45) is 0.